The number of carbonyl (C=O) groups excluding carboxylic acids is 1. The molecule has 226 valence electrons. The summed E-state index contributed by atoms with van der Waals surface area (Å²) in [4.78, 5) is 27.7. The number of methoxy groups -OCH3 is 5. The molecule has 4 aromatic rings. The zero-order chi connectivity index (χ0) is 30.7. The van der Waals surface area contributed by atoms with Crippen molar-refractivity contribution in [1.29, 1.82) is 0 Å². The fourth-order valence-electron chi connectivity index (χ4n) is 6.51. The van der Waals surface area contributed by atoms with E-state index in [9.17, 15) is 19.8 Å². The van der Waals surface area contributed by atoms with Gasteiger partial charge in [0.1, 0.15) is 51.7 Å². The zero-order valence-electron chi connectivity index (χ0n) is 24.7. The van der Waals surface area contributed by atoms with Gasteiger partial charge >= 0.3 is 5.97 Å². The van der Waals surface area contributed by atoms with Crippen molar-refractivity contribution in [3.8, 4) is 39.9 Å². The molecule has 0 bridgehead atoms. The third kappa shape index (κ3) is 3.95. The molecule has 0 saturated carbocycles. The highest BCUT2D eigenvalue weighted by Crippen LogP contribution is 2.59. The van der Waals surface area contributed by atoms with Gasteiger partial charge < -0.3 is 43.1 Å². The summed E-state index contributed by atoms with van der Waals surface area (Å²) in [6.45, 7) is 2.00. The second kappa shape index (κ2) is 10.7. The SMILES string of the molecule is CCC[C@@H]1Cc2cc3c(c(OC)c2C(=O)O1)-c1c(c(OC)c2oc4ccc(OC)c(OC)c4c(=O)c2c1OC)[C@H](O)[C@H]3O. The summed E-state index contributed by atoms with van der Waals surface area (Å²) < 4.78 is 40.4. The number of cyclic esters (lactones) is 1. The van der Waals surface area contributed by atoms with E-state index in [1.807, 2.05) is 6.92 Å². The fourth-order valence-corrected chi connectivity index (χ4v) is 6.51. The summed E-state index contributed by atoms with van der Waals surface area (Å²) in [5.41, 5.74) is 1.42. The van der Waals surface area contributed by atoms with Gasteiger partial charge in [-0.2, -0.15) is 0 Å². The first-order valence-corrected chi connectivity index (χ1v) is 13.9. The topological polar surface area (TPSA) is 143 Å². The molecule has 0 saturated heterocycles. The van der Waals surface area contributed by atoms with Crippen molar-refractivity contribution < 1.29 is 47.8 Å². The van der Waals surface area contributed by atoms with Crippen LogP contribution in [0.2, 0.25) is 0 Å². The van der Waals surface area contributed by atoms with E-state index < -0.39 is 23.6 Å². The Morgan fingerprint density at radius 1 is 0.814 bits per heavy atom. The maximum absolute atomic E-state index is 14.3. The van der Waals surface area contributed by atoms with Crippen molar-refractivity contribution in [2.75, 3.05) is 35.5 Å². The third-order valence-corrected chi connectivity index (χ3v) is 8.28. The summed E-state index contributed by atoms with van der Waals surface area (Å²) in [6.07, 6.45) is -1.35. The first-order valence-electron chi connectivity index (χ1n) is 13.9. The molecule has 6 rings (SSSR count). The molecule has 11 heteroatoms. The molecular weight excluding hydrogens is 560 g/mol. The molecular formula is C32H32O11. The van der Waals surface area contributed by atoms with Gasteiger partial charge in [-0.15, -0.1) is 0 Å². The molecule has 0 spiro atoms. The number of benzene rings is 3. The van der Waals surface area contributed by atoms with Crippen LogP contribution in [-0.4, -0.2) is 57.8 Å². The Hall–Kier alpha value is -4.48. The van der Waals surface area contributed by atoms with E-state index in [0.717, 1.165) is 6.42 Å². The smallest absolute Gasteiger partial charge is 0.342 e. The van der Waals surface area contributed by atoms with Gasteiger partial charge in [-0.3, -0.25) is 4.79 Å². The van der Waals surface area contributed by atoms with Crippen LogP contribution in [0, 0.1) is 0 Å². The Kier molecular flexibility index (Phi) is 7.10. The number of fused-ring (bicyclic) bond motifs is 6. The largest absolute Gasteiger partial charge is 0.495 e. The number of hydrogen-bond donors (Lipinski definition) is 2. The number of aliphatic hydroxyl groups is 2. The maximum atomic E-state index is 14.3. The lowest BCUT2D eigenvalue weighted by Crippen LogP contribution is -2.30. The number of carbonyl (C=O) groups is 1. The molecule has 1 aromatic heterocycles. The minimum atomic E-state index is -1.51. The molecule has 43 heavy (non-hydrogen) atoms. The minimum Gasteiger partial charge on any atom is -0.495 e. The van der Waals surface area contributed by atoms with Crippen LogP contribution in [0.25, 0.3) is 33.1 Å². The van der Waals surface area contributed by atoms with Crippen molar-refractivity contribution in [3.63, 3.8) is 0 Å². The summed E-state index contributed by atoms with van der Waals surface area (Å²) in [6, 6.07) is 4.86. The lowest BCUT2D eigenvalue weighted by atomic mass is 9.76. The maximum Gasteiger partial charge on any atom is 0.342 e. The van der Waals surface area contributed by atoms with E-state index in [2.05, 4.69) is 0 Å². The number of aliphatic hydroxyl groups excluding tert-OH is 2. The summed E-state index contributed by atoms with van der Waals surface area (Å²) in [5.74, 6) is 0.107. The van der Waals surface area contributed by atoms with Crippen molar-refractivity contribution in [2.45, 2.75) is 44.5 Å². The average molecular weight is 593 g/mol. The Morgan fingerprint density at radius 2 is 1.51 bits per heavy atom. The lowest BCUT2D eigenvalue weighted by Gasteiger charge is -2.35. The molecule has 3 aromatic carbocycles. The fraction of sp³-hybridized carbons (Fsp3) is 0.375. The van der Waals surface area contributed by atoms with Crippen molar-refractivity contribution in [1.82, 2.24) is 0 Å². The Labute approximate surface area is 246 Å². The molecule has 2 N–H and O–H groups in total. The van der Waals surface area contributed by atoms with Crippen LogP contribution in [0.3, 0.4) is 0 Å². The highest BCUT2D eigenvalue weighted by molar-refractivity contribution is 6.07. The molecule has 0 radical (unpaired) electrons. The van der Waals surface area contributed by atoms with Crippen LogP contribution >= 0.6 is 0 Å². The van der Waals surface area contributed by atoms with Crippen LogP contribution in [0.4, 0.5) is 0 Å². The van der Waals surface area contributed by atoms with E-state index in [1.165, 1.54) is 35.5 Å². The molecule has 2 aliphatic rings. The first kappa shape index (κ1) is 28.6. The second-order valence-corrected chi connectivity index (χ2v) is 10.5. The van der Waals surface area contributed by atoms with Gasteiger partial charge in [-0.25, -0.2) is 4.79 Å². The Morgan fingerprint density at radius 3 is 2.14 bits per heavy atom. The highest BCUT2D eigenvalue weighted by atomic mass is 16.5. The van der Waals surface area contributed by atoms with Crippen molar-refractivity contribution >= 4 is 27.9 Å². The van der Waals surface area contributed by atoms with Gasteiger partial charge in [-0.1, -0.05) is 19.4 Å². The van der Waals surface area contributed by atoms with Crippen molar-refractivity contribution in [2.24, 2.45) is 0 Å². The van der Waals surface area contributed by atoms with Gasteiger partial charge in [0.05, 0.1) is 35.5 Å². The number of rotatable bonds is 7. The monoisotopic (exact) mass is 592 g/mol. The highest BCUT2D eigenvalue weighted by Gasteiger charge is 2.43. The summed E-state index contributed by atoms with van der Waals surface area (Å²) in [7, 11) is 7.02. The quantitative estimate of drug-likeness (QED) is 0.229. The van der Waals surface area contributed by atoms with Gasteiger partial charge in [-0.05, 0) is 29.7 Å². The molecule has 11 nitrogen and oxygen atoms in total. The van der Waals surface area contributed by atoms with Gasteiger partial charge in [0.25, 0.3) is 0 Å². The molecule has 0 amide bonds. The number of esters is 1. The van der Waals surface area contributed by atoms with Gasteiger partial charge in [0, 0.05) is 23.1 Å². The van der Waals surface area contributed by atoms with E-state index >= 15 is 0 Å². The van der Waals surface area contributed by atoms with Crippen LogP contribution in [0.15, 0.2) is 27.4 Å². The second-order valence-electron chi connectivity index (χ2n) is 10.5. The van der Waals surface area contributed by atoms with E-state index in [-0.39, 0.29) is 73.3 Å². The molecule has 2 heterocycles. The van der Waals surface area contributed by atoms with E-state index in [4.69, 9.17) is 32.8 Å². The predicted molar refractivity (Wildman–Crippen MR) is 156 cm³/mol. The summed E-state index contributed by atoms with van der Waals surface area (Å²) in [5, 5.41) is 23.2. The third-order valence-electron chi connectivity index (χ3n) is 8.28. The van der Waals surface area contributed by atoms with Crippen molar-refractivity contribution in [3.05, 3.63) is 50.7 Å². The normalized spacial score (nSPS) is 18.9. The van der Waals surface area contributed by atoms with Crippen LogP contribution in [0.5, 0.6) is 28.7 Å². The first-order chi connectivity index (χ1) is 20.8. The molecule has 1 aliphatic heterocycles. The lowest BCUT2D eigenvalue weighted by molar-refractivity contribution is 0.0134. The standard InChI is InChI=1S/C32H32O11/c1-7-8-14-11-13-12-15-19(28(39-4)18(13)32(36)42-14)21-22(26(35)24(15)33)30(41-6)31-23(29(21)40-5)25(34)20-16(43-31)9-10-17(37-2)27(20)38-3/h9-10,12,14,24,26,33,35H,7-8,11H2,1-6H3/t14-,24+,26+/m1/s1. The molecule has 0 unspecified atom stereocenters. The molecule has 1 aliphatic carbocycles. The van der Waals surface area contributed by atoms with Crippen LogP contribution in [0.1, 0.15) is 59.0 Å². The van der Waals surface area contributed by atoms with Crippen LogP contribution < -0.4 is 29.1 Å². The van der Waals surface area contributed by atoms with Crippen LogP contribution in [-0.2, 0) is 11.2 Å². The zero-order valence-corrected chi connectivity index (χ0v) is 24.7. The predicted octanol–water partition coefficient (Wildman–Crippen LogP) is 4.62. The van der Waals surface area contributed by atoms with E-state index in [0.29, 0.717) is 29.7 Å². The van der Waals surface area contributed by atoms with Gasteiger partial charge in [0.15, 0.2) is 22.8 Å². The Bertz CT molecular complexity index is 1860. The summed E-state index contributed by atoms with van der Waals surface area (Å²) >= 11 is 0. The molecule has 3 atom stereocenters. The Balaban J connectivity index is 1.80. The van der Waals surface area contributed by atoms with E-state index in [1.54, 1.807) is 18.2 Å². The van der Waals surface area contributed by atoms with Gasteiger partial charge in [0.2, 0.25) is 5.43 Å². The number of hydrogen-bond acceptors (Lipinski definition) is 11. The number of ether oxygens (including phenoxy) is 6. The molecule has 0 fully saturated rings. The average Bonchev–Trinajstić information content (AvgIpc) is 3.01. The minimum absolute atomic E-state index is 0.00273.